The molecule has 0 fully saturated rings. The fraction of sp³-hybridized carbons (Fsp3) is 0.286. The van der Waals surface area contributed by atoms with Crippen molar-refractivity contribution in [1.29, 1.82) is 0 Å². The van der Waals surface area contributed by atoms with Crippen LogP contribution in [0.25, 0.3) is 0 Å². The summed E-state index contributed by atoms with van der Waals surface area (Å²) < 4.78 is 13.8. The van der Waals surface area contributed by atoms with Crippen molar-refractivity contribution in [3.8, 4) is 0 Å². The second-order valence-electron chi connectivity index (χ2n) is 4.23. The minimum absolute atomic E-state index is 0.290. The summed E-state index contributed by atoms with van der Waals surface area (Å²) in [6, 6.07) is 6.58. The minimum atomic E-state index is -0.290. The molecule has 0 unspecified atom stereocenters. The van der Waals surface area contributed by atoms with Gasteiger partial charge in [0.25, 0.3) is 0 Å². The Hall–Kier alpha value is -1.68. The average Bonchev–Trinajstić information content (AvgIpc) is 2.41. The van der Waals surface area contributed by atoms with Crippen LogP contribution in [0.5, 0.6) is 0 Å². The molecule has 0 aliphatic rings. The molecular weight excluding hydrogens is 265 g/mol. The molecular formula is C14H15ClFN3. The molecule has 0 bridgehead atoms. The van der Waals surface area contributed by atoms with Crippen molar-refractivity contribution in [2.24, 2.45) is 0 Å². The van der Waals surface area contributed by atoms with Gasteiger partial charge >= 0.3 is 0 Å². The molecule has 1 aromatic heterocycles. The zero-order valence-corrected chi connectivity index (χ0v) is 11.7. The van der Waals surface area contributed by atoms with Crippen LogP contribution in [0.2, 0.25) is 5.15 Å². The van der Waals surface area contributed by atoms with Gasteiger partial charge in [0.15, 0.2) is 0 Å². The first-order chi connectivity index (χ1) is 9.15. The number of nitrogens with zero attached hydrogens (tertiary/aromatic N) is 3. The van der Waals surface area contributed by atoms with E-state index in [1.807, 2.05) is 0 Å². The van der Waals surface area contributed by atoms with Crippen LogP contribution in [0, 0.1) is 5.82 Å². The van der Waals surface area contributed by atoms with Gasteiger partial charge in [0.1, 0.15) is 23.1 Å². The molecule has 0 N–H and O–H groups in total. The van der Waals surface area contributed by atoms with Crippen LogP contribution in [0.4, 0.5) is 15.9 Å². The van der Waals surface area contributed by atoms with Crippen LogP contribution in [0.15, 0.2) is 30.6 Å². The number of hydrogen-bond donors (Lipinski definition) is 0. The molecule has 2 rings (SSSR count). The zero-order chi connectivity index (χ0) is 13.8. The molecule has 1 heterocycles. The van der Waals surface area contributed by atoms with Crippen molar-refractivity contribution < 1.29 is 4.39 Å². The van der Waals surface area contributed by atoms with Crippen molar-refractivity contribution in [2.75, 3.05) is 11.9 Å². The Morgan fingerprint density at radius 1 is 1.26 bits per heavy atom. The third-order valence-corrected chi connectivity index (χ3v) is 3.23. The first kappa shape index (κ1) is 13.7. The van der Waals surface area contributed by atoms with Gasteiger partial charge in [-0.2, -0.15) is 0 Å². The molecule has 1 aromatic carbocycles. The van der Waals surface area contributed by atoms with Gasteiger partial charge in [-0.25, -0.2) is 14.4 Å². The third kappa shape index (κ3) is 2.84. The first-order valence-corrected chi connectivity index (χ1v) is 6.50. The number of aromatic nitrogens is 2. The maximum Gasteiger partial charge on any atom is 0.146 e. The van der Waals surface area contributed by atoms with E-state index >= 15 is 0 Å². The monoisotopic (exact) mass is 279 g/mol. The van der Waals surface area contributed by atoms with E-state index in [9.17, 15) is 4.39 Å². The molecule has 3 nitrogen and oxygen atoms in total. The van der Waals surface area contributed by atoms with Gasteiger partial charge in [-0.1, -0.05) is 37.1 Å². The van der Waals surface area contributed by atoms with Gasteiger partial charge in [-0.05, 0) is 18.6 Å². The molecule has 0 aliphatic heterocycles. The Morgan fingerprint density at radius 3 is 2.68 bits per heavy atom. The number of halogens is 2. The Morgan fingerprint density at radius 2 is 2.00 bits per heavy atom. The lowest BCUT2D eigenvalue weighted by Crippen LogP contribution is -2.15. The molecule has 0 amide bonds. The van der Waals surface area contributed by atoms with Crippen LogP contribution >= 0.6 is 11.6 Å². The van der Waals surface area contributed by atoms with E-state index < -0.39 is 0 Å². The van der Waals surface area contributed by atoms with Gasteiger partial charge < -0.3 is 4.90 Å². The molecule has 19 heavy (non-hydrogen) atoms. The Bertz CT molecular complexity index is 574. The molecule has 2 aromatic rings. The molecule has 0 saturated carbocycles. The van der Waals surface area contributed by atoms with E-state index in [2.05, 4.69) is 16.9 Å². The first-order valence-electron chi connectivity index (χ1n) is 6.12. The van der Waals surface area contributed by atoms with Crippen molar-refractivity contribution in [1.82, 2.24) is 9.97 Å². The van der Waals surface area contributed by atoms with Gasteiger partial charge in [0.2, 0.25) is 0 Å². The summed E-state index contributed by atoms with van der Waals surface area (Å²) in [7, 11) is 1.77. The summed E-state index contributed by atoms with van der Waals surface area (Å²) in [5.41, 5.74) is 1.31. The molecule has 0 atom stereocenters. The van der Waals surface area contributed by atoms with E-state index in [4.69, 9.17) is 11.6 Å². The maximum absolute atomic E-state index is 13.8. The molecule has 0 saturated heterocycles. The predicted molar refractivity (Wildman–Crippen MR) is 75.5 cm³/mol. The number of hydrogen-bond acceptors (Lipinski definition) is 3. The minimum Gasteiger partial charge on any atom is -0.327 e. The highest BCUT2D eigenvalue weighted by Gasteiger charge is 2.16. The quantitative estimate of drug-likeness (QED) is 0.793. The van der Waals surface area contributed by atoms with Gasteiger partial charge in [-0.3, -0.25) is 0 Å². The highest BCUT2D eigenvalue weighted by molar-refractivity contribution is 6.30. The molecule has 0 aliphatic carbocycles. The lowest BCUT2D eigenvalue weighted by molar-refractivity contribution is 0.627. The molecule has 100 valence electrons. The largest absolute Gasteiger partial charge is 0.327 e. The van der Waals surface area contributed by atoms with Crippen molar-refractivity contribution in [3.63, 3.8) is 0 Å². The van der Waals surface area contributed by atoms with Crippen LogP contribution < -0.4 is 4.90 Å². The predicted octanol–water partition coefficient (Wildman–Crippen LogP) is 3.99. The van der Waals surface area contributed by atoms with Crippen LogP contribution in [-0.2, 0) is 6.42 Å². The lowest BCUT2D eigenvalue weighted by atomic mass is 10.1. The normalized spacial score (nSPS) is 10.5. The van der Waals surface area contributed by atoms with E-state index in [1.165, 1.54) is 12.4 Å². The number of rotatable bonds is 4. The van der Waals surface area contributed by atoms with E-state index in [0.717, 1.165) is 18.4 Å². The van der Waals surface area contributed by atoms with Gasteiger partial charge in [0, 0.05) is 12.6 Å². The number of anilines is 2. The summed E-state index contributed by atoms with van der Waals surface area (Å²) >= 11 is 6.11. The highest BCUT2D eigenvalue weighted by atomic mass is 35.5. The standard InChI is InChI=1S/C14H15ClFN3/c1-3-6-10-13(15)17-9-18-14(10)19(2)12-8-5-4-7-11(12)16/h4-5,7-9H,3,6H2,1-2H3. The SMILES string of the molecule is CCCc1c(Cl)ncnc1N(C)c1ccccc1F. The molecule has 5 heteroatoms. The fourth-order valence-electron chi connectivity index (χ4n) is 1.97. The second-order valence-corrected chi connectivity index (χ2v) is 4.59. The Labute approximate surface area is 117 Å². The third-order valence-electron chi connectivity index (χ3n) is 2.90. The summed E-state index contributed by atoms with van der Waals surface area (Å²) in [5, 5.41) is 0.426. The van der Waals surface area contributed by atoms with E-state index in [1.54, 1.807) is 30.1 Å². The number of para-hydroxylation sites is 1. The van der Waals surface area contributed by atoms with Crippen LogP contribution in [0.3, 0.4) is 0 Å². The van der Waals surface area contributed by atoms with Crippen molar-refractivity contribution >= 4 is 23.1 Å². The van der Waals surface area contributed by atoms with E-state index in [0.29, 0.717) is 16.7 Å². The lowest BCUT2D eigenvalue weighted by Gasteiger charge is -2.21. The fourth-order valence-corrected chi connectivity index (χ4v) is 2.20. The van der Waals surface area contributed by atoms with Crippen molar-refractivity contribution in [3.05, 3.63) is 47.1 Å². The van der Waals surface area contributed by atoms with Crippen LogP contribution in [-0.4, -0.2) is 17.0 Å². The van der Waals surface area contributed by atoms with Gasteiger partial charge in [-0.15, -0.1) is 0 Å². The summed E-state index contributed by atoms with van der Waals surface area (Å²) in [5.74, 6) is 0.356. The Kier molecular flexibility index (Phi) is 4.32. The molecule has 0 spiro atoms. The smallest absolute Gasteiger partial charge is 0.146 e. The van der Waals surface area contributed by atoms with E-state index in [-0.39, 0.29) is 5.82 Å². The molecule has 0 radical (unpaired) electrons. The summed E-state index contributed by atoms with van der Waals surface area (Å²) in [6.07, 6.45) is 3.08. The number of benzene rings is 1. The summed E-state index contributed by atoms with van der Waals surface area (Å²) in [6.45, 7) is 2.05. The van der Waals surface area contributed by atoms with Crippen molar-refractivity contribution in [2.45, 2.75) is 19.8 Å². The highest BCUT2D eigenvalue weighted by Crippen LogP contribution is 2.30. The maximum atomic E-state index is 13.8. The Balaban J connectivity index is 2.47. The van der Waals surface area contributed by atoms with Gasteiger partial charge in [0.05, 0.1) is 5.69 Å². The topological polar surface area (TPSA) is 29.0 Å². The van der Waals surface area contributed by atoms with Crippen LogP contribution in [0.1, 0.15) is 18.9 Å². The zero-order valence-electron chi connectivity index (χ0n) is 10.9. The second kappa shape index (κ2) is 5.97. The summed E-state index contributed by atoms with van der Waals surface area (Å²) in [4.78, 5) is 9.93. The average molecular weight is 280 g/mol.